The molecule has 0 aliphatic carbocycles. The Kier molecular flexibility index (Phi) is 37.1. The molecule has 1 rings (SSSR count). The molecule has 0 aliphatic heterocycles. The number of benzene rings is 1. The van der Waals surface area contributed by atoms with Crippen molar-refractivity contribution in [1.29, 1.82) is 0 Å². The van der Waals surface area contributed by atoms with Crippen LogP contribution in [-0.4, -0.2) is 55.7 Å². The van der Waals surface area contributed by atoms with Crippen LogP contribution in [0.5, 0.6) is 0 Å². The topological polar surface area (TPSA) is 116 Å². The van der Waals surface area contributed by atoms with E-state index in [2.05, 4.69) is 73.2 Å². The van der Waals surface area contributed by atoms with Gasteiger partial charge in [0.1, 0.15) is 5.78 Å². The van der Waals surface area contributed by atoms with Gasteiger partial charge in [-0.05, 0) is 70.9 Å². The maximum Gasteiger partial charge on any atom is 0.239 e. The van der Waals surface area contributed by atoms with E-state index in [1.165, 1.54) is 11.1 Å². The first kappa shape index (κ1) is 46.7. The summed E-state index contributed by atoms with van der Waals surface area (Å²) in [5.41, 5.74) is 2.60. The third-order valence-corrected chi connectivity index (χ3v) is 6.45. The average Bonchev–Trinajstić information content (AvgIpc) is 3.02. The van der Waals surface area contributed by atoms with Crippen molar-refractivity contribution < 1.29 is 19.2 Å². The highest BCUT2D eigenvalue weighted by atomic mass is 16.2. The highest BCUT2D eigenvalue weighted by Gasteiger charge is 2.05. The zero-order chi connectivity index (χ0) is 34.7. The summed E-state index contributed by atoms with van der Waals surface area (Å²) in [7, 11) is 0. The van der Waals surface area contributed by atoms with Gasteiger partial charge in [0.25, 0.3) is 0 Å². The normalized spacial score (nSPS) is 9.82. The summed E-state index contributed by atoms with van der Waals surface area (Å²) in [4.78, 5) is 45.4. The molecule has 3 amide bonds. The summed E-state index contributed by atoms with van der Waals surface area (Å²) in [6.45, 7) is 20.5. The van der Waals surface area contributed by atoms with Crippen molar-refractivity contribution in [2.24, 2.45) is 0 Å². The number of Topliss-reactive ketones (excluding diaryl/α,β-unsaturated/α-hetero) is 1. The van der Waals surface area contributed by atoms with E-state index in [9.17, 15) is 19.2 Å². The minimum Gasteiger partial charge on any atom is -0.356 e. The lowest BCUT2D eigenvalue weighted by molar-refractivity contribution is -0.126. The van der Waals surface area contributed by atoms with E-state index in [0.717, 1.165) is 77.3 Å². The van der Waals surface area contributed by atoms with Crippen LogP contribution in [0.4, 0.5) is 0 Å². The third-order valence-electron chi connectivity index (χ3n) is 6.45. The largest absolute Gasteiger partial charge is 0.356 e. The molecule has 1 aromatic carbocycles. The molecule has 0 aromatic heterocycles. The molecule has 0 unspecified atom stereocenters. The van der Waals surface area contributed by atoms with E-state index in [4.69, 9.17) is 0 Å². The quantitative estimate of drug-likeness (QED) is 0.101. The van der Waals surface area contributed by atoms with Crippen LogP contribution in [0.3, 0.4) is 0 Å². The van der Waals surface area contributed by atoms with Crippen LogP contribution in [0.2, 0.25) is 0 Å². The summed E-state index contributed by atoms with van der Waals surface area (Å²) in [5, 5.41) is 11.7. The number of amides is 3. The van der Waals surface area contributed by atoms with Gasteiger partial charge >= 0.3 is 0 Å². The van der Waals surface area contributed by atoms with E-state index in [-0.39, 0.29) is 30.0 Å². The van der Waals surface area contributed by atoms with Crippen LogP contribution < -0.4 is 21.3 Å². The molecule has 0 heterocycles. The molecule has 0 saturated carbocycles. The van der Waals surface area contributed by atoms with Gasteiger partial charge in [-0.2, -0.15) is 0 Å². The maximum atomic E-state index is 11.6. The van der Waals surface area contributed by atoms with Crippen LogP contribution in [0.25, 0.3) is 0 Å². The fourth-order valence-electron chi connectivity index (χ4n) is 3.91. The first-order chi connectivity index (χ1) is 21.6. The minimum atomic E-state index is -0.156. The van der Waals surface area contributed by atoms with Crippen molar-refractivity contribution in [2.45, 2.75) is 152 Å². The lowest BCUT2D eigenvalue weighted by Crippen LogP contribution is -2.37. The molecule has 0 saturated heterocycles. The van der Waals surface area contributed by atoms with Gasteiger partial charge in [0.05, 0.1) is 6.54 Å². The van der Waals surface area contributed by atoms with Crippen molar-refractivity contribution in [1.82, 2.24) is 21.3 Å². The van der Waals surface area contributed by atoms with E-state index in [0.29, 0.717) is 31.8 Å². The predicted molar refractivity (Wildman–Crippen MR) is 192 cm³/mol. The first-order valence-corrected chi connectivity index (χ1v) is 17.7. The lowest BCUT2D eigenvalue weighted by Gasteiger charge is -2.08. The van der Waals surface area contributed by atoms with Crippen LogP contribution in [-0.2, 0) is 25.6 Å². The number of rotatable bonds is 22. The Balaban J connectivity index is -0.000000735. The van der Waals surface area contributed by atoms with Crippen molar-refractivity contribution in [3.05, 3.63) is 35.4 Å². The smallest absolute Gasteiger partial charge is 0.239 e. The summed E-state index contributed by atoms with van der Waals surface area (Å²) < 4.78 is 0. The van der Waals surface area contributed by atoms with Crippen LogP contribution in [0.1, 0.15) is 144 Å². The van der Waals surface area contributed by atoms with Gasteiger partial charge in [0.15, 0.2) is 0 Å². The van der Waals surface area contributed by atoms with E-state index >= 15 is 0 Å². The predicted octanol–water partition coefficient (Wildman–Crippen LogP) is 7.21. The molecule has 8 nitrogen and oxygen atoms in total. The Hall–Kier alpha value is -2.74. The van der Waals surface area contributed by atoms with E-state index < -0.39 is 0 Å². The molecule has 0 spiro atoms. The fraction of sp³-hybridized carbons (Fsp3) is 0.730. The van der Waals surface area contributed by atoms with E-state index in [1.54, 1.807) is 6.92 Å². The molecule has 0 fully saturated rings. The van der Waals surface area contributed by atoms with Gasteiger partial charge in [-0.25, -0.2) is 0 Å². The second kappa shape index (κ2) is 35.7. The molecule has 0 bridgehead atoms. The average molecular weight is 635 g/mol. The second-order valence-corrected chi connectivity index (χ2v) is 11.1. The number of hydrogen-bond donors (Lipinski definition) is 4. The lowest BCUT2D eigenvalue weighted by atomic mass is 10.1. The van der Waals surface area contributed by atoms with Gasteiger partial charge in [-0.15, -0.1) is 0 Å². The van der Waals surface area contributed by atoms with Crippen LogP contribution in [0.15, 0.2) is 24.3 Å². The standard InChI is InChI=1S/C18H35N3O3.C15H23NO.2C2H6/c1-15(2)19-12-8-5-7-11-17(23)21-14-18(24)20-13-9-4-6-10-16(3)22;1-3-4-12-16-15(17)7-5-6-14-10-8-13(2)9-11-14;2*1-2/h15,19H,4-14H2,1-3H3,(H,20,24)(H,21,23);8-11H,3-7,12H2,1-2H3,(H,16,17);2*1-2H3. The molecule has 0 radical (unpaired) electrons. The van der Waals surface area contributed by atoms with Gasteiger partial charge in [-0.3, -0.25) is 14.4 Å². The molecule has 1 aromatic rings. The number of ketones is 1. The Bertz CT molecular complexity index is 841. The third kappa shape index (κ3) is 37.4. The molecular weight excluding hydrogens is 564 g/mol. The molecule has 8 heteroatoms. The highest BCUT2D eigenvalue weighted by Crippen LogP contribution is 2.07. The van der Waals surface area contributed by atoms with Gasteiger partial charge in [-0.1, -0.05) is 97.6 Å². The van der Waals surface area contributed by atoms with Gasteiger partial charge < -0.3 is 26.1 Å². The molecule has 0 atom stereocenters. The van der Waals surface area contributed by atoms with Crippen molar-refractivity contribution in [3.63, 3.8) is 0 Å². The second-order valence-electron chi connectivity index (χ2n) is 11.1. The molecule has 45 heavy (non-hydrogen) atoms. The maximum absolute atomic E-state index is 11.6. The number of carbonyl (C=O) groups excluding carboxylic acids is 4. The van der Waals surface area contributed by atoms with Crippen LogP contribution >= 0.6 is 0 Å². The highest BCUT2D eigenvalue weighted by molar-refractivity contribution is 5.84. The Morgan fingerprint density at radius 2 is 1.13 bits per heavy atom. The van der Waals surface area contributed by atoms with E-state index in [1.807, 2.05) is 27.7 Å². The summed E-state index contributed by atoms with van der Waals surface area (Å²) >= 11 is 0. The van der Waals surface area contributed by atoms with Crippen molar-refractivity contribution in [3.8, 4) is 0 Å². The summed E-state index contributed by atoms with van der Waals surface area (Å²) in [6, 6.07) is 9.03. The van der Waals surface area contributed by atoms with Crippen LogP contribution in [0, 0.1) is 6.92 Å². The molecule has 0 aliphatic rings. The molecule has 4 N–H and O–H groups in total. The Morgan fingerprint density at radius 3 is 1.71 bits per heavy atom. The van der Waals surface area contributed by atoms with Crippen molar-refractivity contribution >= 4 is 23.5 Å². The number of aryl methyl sites for hydroxylation is 2. The SMILES string of the molecule is CC.CC.CC(=O)CCCCCNC(=O)CNC(=O)CCCCCNC(C)C.CCCCNC(=O)CCCc1ccc(C)cc1. The number of nitrogens with one attached hydrogen (secondary N) is 4. The zero-order valence-corrected chi connectivity index (χ0v) is 30.5. The monoisotopic (exact) mass is 635 g/mol. The minimum absolute atomic E-state index is 0.0428. The van der Waals surface area contributed by atoms with Crippen molar-refractivity contribution in [2.75, 3.05) is 26.2 Å². The fourth-order valence-corrected chi connectivity index (χ4v) is 3.91. The zero-order valence-electron chi connectivity index (χ0n) is 30.5. The molecule has 262 valence electrons. The Morgan fingerprint density at radius 1 is 0.622 bits per heavy atom. The van der Waals surface area contributed by atoms with Gasteiger partial charge in [0, 0.05) is 38.4 Å². The summed E-state index contributed by atoms with van der Waals surface area (Å²) in [5.74, 6) is 0.169. The number of unbranched alkanes of at least 4 members (excludes halogenated alkanes) is 5. The van der Waals surface area contributed by atoms with Gasteiger partial charge in [0.2, 0.25) is 17.7 Å². The number of carbonyl (C=O) groups is 4. The number of hydrogen-bond acceptors (Lipinski definition) is 5. The molecular formula is C37H70N4O4. The Labute approximate surface area is 277 Å². The summed E-state index contributed by atoms with van der Waals surface area (Å²) in [6.07, 6.45) is 11.4. The first-order valence-electron chi connectivity index (χ1n) is 17.7.